The maximum atomic E-state index is 4.40. The fourth-order valence-electron chi connectivity index (χ4n) is 1.60. The molecular formula is C11H8N2S. The molecule has 2 nitrogen and oxygen atoms in total. The molecule has 0 fully saturated rings. The first-order valence-electron chi connectivity index (χ1n) is 4.44. The second-order valence-electron chi connectivity index (χ2n) is 3.32. The van der Waals surface area contributed by atoms with Crippen LogP contribution in [0.2, 0.25) is 0 Å². The largest absolute Gasteiger partial charge is 0.245 e. The summed E-state index contributed by atoms with van der Waals surface area (Å²) in [4.78, 5) is 10.9. The van der Waals surface area contributed by atoms with E-state index >= 15 is 0 Å². The van der Waals surface area contributed by atoms with E-state index < -0.39 is 0 Å². The molecule has 3 rings (SSSR count). The van der Waals surface area contributed by atoms with Gasteiger partial charge in [0.25, 0.3) is 0 Å². The van der Waals surface area contributed by atoms with Crippen LogP contribution >= 0.6 is 11.3 Å². The van der Waals surface area contributed by atoms with Gasteiger partial charge in [0.05, 0.1) is 0 Å². The van der Waals surface area contributed by atoms with Crippen LogP contribution in [0.1, 0.15) is 5.56 Å². The Hall–Kier alpha value is -1.48. The summed E-state index contributed by atoms with van der Waals surface area (Å²) in [5.41, 5.74) is 1.20. The Morgan fingerprint density at radius 2 is 2.00 bits per heavy atom. The van der Waals surface area contributed by atoms with Crippen molar-refractivity contribution in [2.24, 2.45) is 0 Å². The molecule has 0 aliphatic rings. The van der Waals surface area contributed by atoms with Crippen molar-refractivity contribution in [3.8, 4) is 0 Å². The molecule has 0 unspecified atom stereocenters. The average molecular weight is 200 g/mol. The zero-order chi connectivity index (χ0) is 9.54. The van der Waals surface area contributed by atoms with E-state index in [4.69, 9.17) is 0 Å². The lowest BCUT2D eigenvalue weighted by Crippen LogP contribution is -1.75. The van der Waals surface area contributed by atoms with Gasteiger partial charge in [0.2, 0.25) is 0 Å². The zero-order valence-corrected chi connectivity index (χ0v) is 8.51. The molecule has 0 radical (unpaired) electrons. The van der Waals surface area contributed by atoms with E-state index in [-0.39, 0.29) is 0 Å². The van der Waals surface area contributed by atoms with Gasteiger partial charge < -0.3 is 0 Å². The predicted molar refractivity (Wildman–Crippen MR) is 59.7 cm³/mol. The molecule has 3 heterocycles. The van der Waals surface area contributed by atoms with Crippen molar-refractivity contribution in [2.75, 3.05) is 0 Å². The van der Waals surface area contributed by atoms with Gasteiger partial charge in [-0.2, -0.15) is 0 Å². The highest BCUT2D eigenvalue weighted by Gasteiger charge is 2.05. The Labute approximate surface area is 85.2 Å². The first-order chi connectivity index (χ1) is 6.84. The quantitative estimate of drug-likeness (QED) is 0.557. The van der Waals surface area contributed by atoms with Gasteiger partial charge in [0, 0.05) is 23.2 Å². The Morgan fingerprint density at radius 3 is 2.93 bits per heavy atom. The summed E-state index contributed by atoms with van der Waals surface area (Å²) in [7, 11) is 0. The number of aryl methyl sites for hydroxylation is 1. The van der Waals surface area contributed by atoms with Crippen molar-refractivity contribution in [1.82, 2.24) is 9.97 Å². The summed E-state index contributed by atoms with van der Waals surface area (Å²) in [6.07, 6.45) is 3.72. The fraction of sp³-hybridized carbons (Fsp3) is 0.0909. The molecule has 0 saturated carbocycles. The second kappa shape index (κ2) is 2.75. The number of pyridine rings is 2. The van der Waals surface area contributed by atoms with Crippen molar-refractivity contribution in [1.29, 1.82) is 0 Å². The average Bonchev–Trinajstić information content (AvgIpc) is 2.56. The van der Waals surface area contributed by atoms with E-state index in [0.717, 1.165) is 9.66 Å². The van der Waals surface area contributed by atoms with E-state index in [0.29, 0.717) is 0 Å². The maximum Gasteiger partial charge on any atom is 0.125 e. The second-order valence-corrected chi connectivity index (χ2v) is 4.30. The SMILES string of the molecule is Cc1cnc2sc3ncccc3c2c1. The first-order valence-corrected chi connectivity index (χ1v) is 5.26. The third-order valence-electron chi connectivity index (χ3n) is 2.24. The van der Waals surface area contributed by atoms with Gasteiger partial charge in [-0.3, -0.25) is 0 Å². The Bertz CT molecular complexity index is 613. The number of aromatic nitrogens is 2. The van der Waals surface area contributed by atoms with Crippen LogP contribution < -0.4 is 0 Å². The topological polar surface area (TPSA) is 25.8 Å². The lowest BCUT2D eigenvalue weighted by Gasteiger charge is -1.91. The molecule has 0 spiro atoms. The molecule has 68 valence electrons. The molecule has 0 N–H and O–H groups in total. The highest BCUT2D eigenvalue weighted by Crippen LogP contribution is 2.30. The monoisotopic (exact) mass is 200 g/mol. The van der Waals surface area contributed by atoms with Crippen LogP contribution in [0, 0.1) is 6.92 Å². The Balaban J connectivity index is 2.58. The zero-order valence-electron chi connectivity index (χ0n) is 7.69. The molecule has 0 aromatic carbocycles. The van der Waals surface area contributed by atoms with Gasteiger partial charge in [0.1, 0.15) is 9.66 Å². The minimum Gasteiger partial charge on any atom is -0.245 e. The van der Waals surface area contributed by atoms with Crippen molar-refractivity contribution in [3.05, 3.63) is 36.2 Å². The third-order valence-corrected chi connectivity index (χ3v) is 3.28. The number of nitrogens with zero attached hydrogens (tertiary/aromatic N) is 2. The van der Waals surface area contributed by atoms with E-state index in [1.54, 1.807) is 11.3 Å². The van der Waals surface area contributed by atoms with Crippen LogP contribution in [-0.2, 0) is 0 Å². The highest BCUT2D eigenvalue weighted by atomic mass is 32.1. The predicted octanol–water partition coefficient (Wildman–Crippen LogP) is 3.15. The van der Waals surface area contributed by atoms with Gasteiger partial charge in [-0.15, -0.1) is 0 Å². The fourth-order valence-corrected chi connectivity index (χ4v) is 2.57. The van der Waals surface area contributed by atoms with Crippen LogP contribution in [0.4, 0.5) is 0 Å². The maximum absolute atomic E-state index is 4.40. The summed E-state index contributed by atoms with van der Waals surface area (Å²) < 4.78 is 0. The minimum atomic E-state index is 1.07. The minimum absolute atomic E-state index is 1.07. The summed E-state index contributed by atoms with van der Waals surface area (Å²) in [5.74, 6) is 0. The molecular weight excluding hydrogens is 192 g/mol. The number of hydrogen-bond donors (Lipinski definition) is 0. The Kier molecular flexibility index (Phi) is 1.55. The summed E-state index contributed by atoms with van der Waals surface area (Å²) in [6.45, 7) is 2.06. The smallest absolute Gasteiger partial charge is 0.125 e. The van der Waals surface area contributed by atoms with E-state index in [9.17, 15) is 0 Å². The summed E-state index contributed by atoms with van der Waals surface area (Å²) >= 11 is 1.65. The van der Waals surface area contributed by atoms with Crippen LogP contribution in [0.15, 0.2) is 30.6 Å². The molecule has 3 heteroatoms. The van der Waals surface area contributed by atoms with Crippen LogP contribution in [0.5, 0.6) is 0 Å². The summed E-state index contributed by atoms with van der Waals surface area (Å²) in [5, 5.41) is 2.43. The van der Waals surface area contributed by atoms with Crippen LogP contribution in [0.25, 0.3) is 20.4 Å². The third kappa shape index (κ3) is 1.02. The number of thiophene rings is 1. The number of fused-ring (bicyclic) bond motifs is 3. The van der Waals surface area contributed by atoms with Crippen LogP contribution in [-0.4, -0.2) is 9.97 Å². The normalized spacial score (nSPS) is 11.2. The van der Waals surface area contributed by atoms with E-state index in [2.05, 4.69) is 29.0 Å². The lowest BCUT2D eigenvalue weighted by atomic mass is 10.2. The standard InChI is InChI=1S/C11H8N2S/c1-7-5-9-8-3-2-4-12-10(8)14-11(9)13-6-7/h2-6H,1H3. The lowest BCUT2D eigenvalue weighted by molar-refractivity contribution is 1.35. The van der Waals surface area contributed by atoms with E-state index in [1.807, 2.05) is 18.5 Å². The number of hydrogen-bond acceptors (Lipinski definition) is 3. The van der Waals surface area contributed by atoms with E-state index in [1.165, 1.54) is 16.3 Å². The van der Waals surface area contributed by atoms with Gasteiger partial charge in [-0.05, 0) is 30.7 Å². The first kappa shape index (κ1) is 7.88. The molecule has 0 atom stereocenters. The number of rotatable bonds is 0. The van der Waals surface area contributed by atoms with Gasteiger partial charge in [-0.25, -0.2) is 9.97 Å². The van der Waals surface area contributed by atoms with Crippen molar-refractivity contribution in [3.63, 3.8) is 0 Å². The van der Waals surface area contributed by atoms with Gasteiger partial charge in [0.15, 0.2) is 0 Å². The van der Waals surface area contributed by atoms with Crippen molar-refractivity contribution in [2.45, 2.75) is 6.92 Å². The molecule has 14 heavy (non-hydrogen) atoms. The summed E-state index contributed by atoms with van der Waals surface area (Å²) in [6, 6.07) is 6.24. The van der Waals surface area contributed by atoms with Gasteiger partial charge >= 0.3 is 0 Å². The van der Waals surface area contributed by atoms with Crippen molar-refractivity contribution >= 4 is 31.8 Å². The van der Waals surface area contributed by atoms with Gasteiger partial charge in [-0.1, -0.05) is 11.3 Å². The highest BCUT2D eigenvalue weighted by molar-refractivity contribution is 7.25. The Morgan fingerprint density at radius 1 is 1.14 bits per heavy atom. The molecule has 0 bridgehead atoms. The molecule has 0 aliphatic heterocycles. The molecule has 3 aromatic heterocycles. The molecule has 0 saturated heterocycles. The molecule has 0 aliphatic carbocycles. The molecule has 0 amide bonds. The van der Waals surface area contributed by atoms with Crippen molar-refractivity contribution < 1.29 is 0 Å². The molecule has 3 aromatic rings. The van der Waals surface area contributed by atoms with Crippen LogP contribution in [0.3, 0.4) is 0 Å².